The van der Waals surface area contributed by atoms with Crippen molar-refractivity contribution in [3.8, 4) is 11.5 Å². The van der Waals surface area contributed by atoms with Crippen molar-refractivity contribution in [2.45, 2.75) is 0 Å². The second kappa shape index (κ2) is 4.52. The summed E-state index contributed by atoms with van der Waals surface area (Å²) >= 11 is -0.659. The van der Waals surface area contributed by atoms with E-state index in [-0.39, 0.29) is 0 Å². The Morgan fingerprint density at radius 2 is 1.07 bits per heavy atom. The van der Waals surface area contributed by atoms with E-state index in [1.807, 2.05) is 24.3 Å². The van der Waals surface area contributed by atoms with Crippen molar-refractivity contribution in [1.82, 2.24) is 0 Å². The summed E-state index contributed by atoms with van der Waals surface area (Å²) in [7, 11) is 0. The van der Waals surface area contributed by atoms with Crippen LogP contribution in [0.3, 0.4) is 0 Å². The van der Waals surface area contributed by atoms with Crippen LogP contribution in [0.4, 0.5) is 0 Å². The molecule has 2 aromatic rings. The molecule has 0 aliphatic carbocycles. The molecule has 0 spiro atoms. The monoisotopic (exact) mass is 234 g/mol. The van der Waals surface area contributed by atoms with Crippen LogP contribution in [0.15, 0.2) is 48.5 Å². The first-order chi connectivity index (χ1) is 7.27. The van der Waals surface area contributed by atoms with Crippen molar-refractivity contribution >= 4 is 7.74 Å². The number of para-hydroxylation sites is 2. The van der Waals surface area contributed by atoms with E-state index in [9.17, 15) is 10.2 Å². The topological polar surface area (TPSA) is 40.5 Å². The van der Waals surface area contributed by atoms with Crippen molar-refractivity contribution in [2.24, 2.45) is 0 Å². The van der Waals surface area contributed by atoms with Crippen LogP contribution in [0.1, 0.15) is 0 Å². The Bertz CT molecular complexity index is 425. The zero-order valence-corrected chi connectivity index (χ0v) is 9.57. The molecule has 0 radical (unpaired) electrons. The summed E-state index contributed by atoms with van der Waals surface area (Å²) in [6, 6.07) is 14.6. The second-order valence-corrected chi connectivity index (χ2v) is 5.23. The molecule has 2 N–H and O–H groups in total. The minimum atomic E-state index is -0.659. The number of benzene rings is 2. The van der Waals surface area contributed by atoms with Crippen molar-refractivity contribution in [1.29, 1.82) is 0 Å². The second-order valence-electron chi connectivity index (χ2n) is 3.16. The molecule has 3 heteroatoms. The van der Waals surface area contributed by atoms with E-state index in [1.165, 1.54) is 0 Å². The average molecular weight is 234 g/mol. The van der Waals surface area contributed by atoms with E-state index in [0.717, 1.165) is 7.74 Å². The zero-order valence-electron chi connectivity index (χ0n) is 8.01. The predicted molar refractivity (Wildman–Crippen MR) is 55.5 cm³/mol. The minimum absolute atomic E-state index is 0.320. The zero-order chi connectivity index (χ0) is 10.7. The van der Waals surface area contributed by atoms with E-state index >= 15 is 0 Å². The molecule has 0 heterocycles. The Kier molecular flexibility index (Phi) is 3.09. The molecule has 0 aliphatic rings. The number of rotatable bonds is 2. The molecule has 0 saturated carbocycles. The van der Waals surface area contributed by atoms with Crippen molar-refractivity contribution < 1.29 is 29.4 Å². The third kappa shape index (κ3) is 2.41. The van der Waals surface area contributed by atoms with Gasteiger partial charge < -0.3 is 0 Å². The van der Waals surface area contributed by atoms with Crippen LogP contribution in [0.5, 0.6) is 11.5 Å². The molecule has 0 saturated heterocycles. The van der Waals surface area contributed by atoms with E-state index in [0.29, 0.717) is 11.5 Å². The Labute approximate surface area is 97.1 Å². The number of phenolic OH excluding ortho intramolecular Hbond substituents is 2. The van der Waals surface area contributed by atoms with Gasteiger partial charge in [0.1, 0.15) is 0 Å². The fourth-order valence-electron chi connectivity index (χ4n) is 1.30. The summed E-state index contributed by atoms with van der Waals surface area (Å²) < 4.78 is 1.89. The Balaban J connectivity index is 2.30. The van der Waals surface area contributed by atoms with E-state index in [4.69, 9.17) is 0 Å². The van der Waals surface area contributed by atoms with Crippen LogP contribution >= 0.6 is 0 Å². The quantitative estimate of drug-likeness (QED) is 0.764. The van der Waals surface area contributed by atoms with Gasteiger partial charge in [-0.2, -0.15) is 0 Å². The van der Waals surface area contributed by atoms with Gasteiger partial charge in [-0.1, -0.05) is 0 Å². The van der Waals surface area contributed by atoms with Crippen molar-refractivity contribution in [3.63, 3.8) is 0 Å². The molecule has 0 aliphatic heterocycles. The molecule has 0 fully saturated rings. The van der Waals surface area contributed by atoms with Gasteiger partial charge in [-0.05, 0) is 0 Å². The van der Waals surface area contributed by atoms with Crippen LogP contribution in [-0.4, -0.2) is 10.2 Å². The van der Waals surface area contributed by atoms with Crippen LogP contribution in [0.2, 0.25) is 0 Å². The van der Waals surface area contributed by atoms with Crippen LogP contribution in [0.25, 0.3) is 0 Å². The molecular weight excluding hydrogens is 224 g/mol. The first-order valence-electron chi connectivity index (χ1n) is 4.60. The van der Waals surface area contributed by atoms with Gasteiger partial charge in [0.25, 0.3) is 0 Å². The standard InChI is InChI=1S/2C6H5O.Ti/c2*7-6-4-2-1-3-5-6;/h2*1-4,7H;. The van der Waals surface area contributed by atoms with Gasteiger partial charge in [-0.3, -0.25) is 0 Å². The molecule has 2 aromatic carbocycles. The average Bonchev–Trinajstić information content (AvgIpc) is 2.24. The third-order valence-electron chi connectivity index (χ3n) is 2.08. The van der Waals surface area contributed by atoms with E-state index in [1.54, 1.807) is 24.3 Å². The third-order valence-corrected chi connectivity index (χ3v) is 4.24. The molecular formula is C12H10O2Ti. The summed E-state index contributed by atoms with van der Waals surface area (Å²) in [4.78, 5) is 0. The molecule has 15 heavy (non-hydrogen) atoms. The van der Waals surface area contributed by atoms with Crippen LogP contribution in [-0.2, 0) is 19.2 Å². The summed E-state index contributed by atoms with van der Waals surface area (Å²) in [6.07, 6.45) is 0. The molecule has 0 unspecified atom stereocenters. The van der Waals surface area contributed by atoms with Crippen molar-refractivity contribution in [2.75, 3.05) is 0 Å². The fourth-order valence-corrected chi connectivity index (χ4v) is 2.98. The molecule has 2 rings (SSSR count). The predicted octanol–water partition coefficient (Wildman–Crippen LogP) is 1.13. The maximum absolute atomic E-state index is 9.61. The molecule has 0 atom stereocenters. The first-order valence-corrected chi connectivity index (χ1v) is 6.16. The van der Waals surface area contributed by atoms with Crippen molar-refractivity contribution in [3.05, 3.63) is 48.5 Å². The van der Waals surface area contributed by atoms with E-state index in [2.05, 4.69) is 0 Å². The van der Waals surface area contributed by atoms with Gasteiger partial charge >= 0.3 is 97.1 Å². The summed E-state index contributed by atoms with van der Waals surface area (Å²) in [6.45, 7) is 0. The normalized spacial score (nSPS) is 9.87. The molecule has 74 valence electrons. The van der Waals surface area contributed by atoms with E-state index < -0.39 is 19.2 Å². The van der Waals surface area contributed by atoms with Gasteiger partial charge in [-0.15, -0.1) is 0 Å². The summed E-state index contributed by atoms with van der Waals surface area (Å²) in [5.41, 5.74) is 0. The molecule has 0 bridgehead atoms. The fraction of sp³-hybridized carbons (Fsp3) is 0. The summed E-state index contributed by atoms with van der Waals surface area (Å²) in [5.74, 6) is 0.640. The number of hydrogen-bond acceptors (Lipinski definition) is 2. The van der Waals surface area contributed by atoms with Crippen LogP contribution < -0.4 is 7.74 Å². The number of phenols is 2. The number of hydrogen-bond donors (Lipinski definition) is 2. The van der Waals surface area contributed by atoms with Gasteiger partial charge in [0.05, 0.1) is 0 Å². The van der Waals surface area contributed by atoms with Gasteiger partial charge in [0, 0.05) is 0 Å². The molecule has 2 nitrogen and oxygen atoms in total. The first kappa shape index (κ1) is 10.3. The van der Waals surface area contributed by atoms with Gasteiger partial charge in [-0.25, -0.2) is 0 Å². The Hall–Kier alpha value is -1.25. The SMILES string of the molecule is Oc1cccc[c]1[Ti][c]1ccccc1O. The molecule has 0 amide bonds. The van der Waals surface area contributed by atoms with Crippen LogP contribution in [0, 0.1) is 0 Å². The summed E-state index contributed by atoms with van der Waals surface area (Å²) in [5, 5.41) is 19.2. The molecule has 0 aromatic heterocycles. The van der Waals surface area contributed by atoms with Gasteiger partial charge in [0.2, 0.25) is 0 Å². The number of aromatic hydroxyl groups is 2. The Morgan fingerprint density at radius 3 is 1.47 bits per heavy atom. The van der Waals surface area contributed by atoms with Gasteiger partial charge in [0.15, 0.2) is 0 Å². The Morgan fingerprint density at radius 1 is 0.667 bits per heavy atom. The maximum atomic E-state index is 9.61.